The number of nitrogens with zero attached hydrogens (tertiary/aromatic N) is 4. The lowest BCUT2D eigenvalue weighted by atomic mass is 10.2. The Morgan fingerprint density at radius 2 is 2.08 bits per heavy atom. The number of ether oxygens (including phenoxy) is 1. The van der Waals surface area contributed by atoms with E-state index in [0.29, 0.717) is 17.6 Å². The van der Waals surface area contributed by atoms with E-state index >= 15 is 0 Å². The van der Waals surface area contributed by atoms with Gasteiger partial charge in [-0.25, -0.2) is 4.98 Å². The van der Waals surface area contributed by atoms with Gasteiger partial charge < -0.3 is 9.26 Å². The van der Waals surface area contributed by atoms with Gasteiger partial charge in [-0.1, -0.05) is 30.3 Å². The fraction of sp³-hybridized carbons (Fsp3) is 0.350. The molecule has 1 fully saturated rings. The Morgan fingerprint density at radius 3 is 2.85 bits per heavy atom. The van der Waals surface area contributed by atoms with E-state index in [9.17, 15) is 0 Å². The normalized spacial score (nSPS) is 17.5. The molecule has 4 rings (SSSR count). The molecule has 0 bridgehead atoms. The molecular weight excluding hydrogens is 328 g/mol. The van der Waals surface area contributed by atoms with Gasteiger partial charge in [0.1, 0.15) is 5.75 Å². The van der Waals surface area contributed by atoms with Crippen molar-refractivity contribution >= 4 is 0 Å². The summed E-state index contributed by atoms with van der Waals surface area (Å²) in [6.07, 6.45) is 5.09. The first-order chi connectivity index (χ1) is 12.8. The fourth-order valence-electron chi connectivity index (χ4n) is 3.33. The van der Waals surface area contributed by atoms with Gasteiger partial charge in [0.2, 0.25) is 17.6 Å². The molecule has 0 radical (unpaired) electrons. The molecule has 2 aromatic heterocycles. The average molecular weight is 350 g/mol. The van der Waals surface area contributed by atoms with Crippen LogP contribution in [0.1, 0.15) is 38.1 Å². The van der Waals surface area contributed by atoms with Crippen molar-refractivity contribution in [1.82, 2.24) is 20.0 Å². The van der Waals surface area contributed by atoms with Gasteiger partial charge in [-0.3, -0.25) is 4.90 Å². The average Bonchev–Trinajstić information content (AvgIpc) is 3.33. The second kappa shape index (κ2) is 7.66. The Hall–Kier alpha value is -2.73. The number of para-hydroxylation sites is 1. The van der Waals surface area contributed by atoms with Gasteiger partial charge in [-0.05, 0) is 50.6 Å². The van der Waals surface area contributed by atoms with Gasteiger partial charge in [0.15, 0.2) is 0 Å². The van der Waals surface area contributed by atoms with E-state index in [1.165, 1.54) is 6.42 Å². The first-order valence-corrected chi connectivity index (χ1v) is 9.10. The van der Waals surface area contributed by atoms with E-state index in [1.807, 2.05) is 42.5 Å². The zero-order valence-electron chi connectivity index (χ0n) is 14.8. The summed E-state index contributed by atoms with van der Waals surface area (Å²) in [7, 11) is 0. The molecule has 134 valence electrons. The molecule has 0 amide bonds. The minimum atomic E-state index is 0.241. The monoisotopic (exact) mass is 350 g/mol. The van der Waals surface area contributed by atoms with Crippen molar-refractivity contribution in [3.63, 3.8) is 0 Å². The number of likely N-dealkylation sites (tertiary alicyclic amines) is 1. The molecule has 1 aliphatic rings. The van der Waals surface area contributed by atoms with Crippen molar-refractivity contribution in [2.24, 2.45) is 0 Å². The Balaban J connectivity index is 1.47. The molecule has 1 aliphatic heterocycles. The molecular formula is C20H22N4O2. The van der Waals surface area contributed by atoms with Crippen LogP contribution in [0.5, 0.6) is 11.6 Å². The van der Waals surface area contributed by atoms with Crippen LogP contribution >= 0.6 is 0 Å². The van der Waals surface area contributed by atoms with Crippen molar-refractivity contribution in [2.45, 2.75) is 32.2 Å². The highest BCUT2D eigenvalue weighted by Crippen LogP contribution is 2.32. The summed E-state index contributed by atoms with van der Waals surface area (Å²) >= 11 is 0. The molecule has 1 saturated heterocycles. The van der Waals surface area contributed by atoms with Gasteiger partial charge in [0.05, 0.1) is 6.04 Å². The fourth-order valence-corrected chi connectivity index (χ4v) is 3.33. The van der Waals surface area contributed by atoms with E-state index in [-0.39, 0.29) is 6.04 Å². The van der Waals surface area contributed by atoms with Crippen LogP contribution in [0, 0.1) is 0 Å². The van der Waals surface area contributed by atoms with Crippen LogP contribution in [0.15, 0.2) is 53.2 Å². The topological polar surface area (TPSA) is 64.3 Å². The molecule has 0 spiro atoms. The Bertz CT molecular complexity index is 833. The molecule has 3 aromatic rings. The number of hydrogen-bond donors (Lipinski definition) is 0. The molecule has 3 heterocycles. The molecule has 6 nitrogen and oxygen atoms in total. The van der Waals surface area contributed by atoms with Crippen molar-refractivity contribution in [3.8, 4) is 23.0 Å². The van der Waals surface area contributed by atoms with Crippen molar-refractivity contribution in [1.29, 1.82) is 0 Å². The smallest absolute Gasteiger partial charge is 0.244 e. The molecule has 0 N–H and O–H groups in total. The van der Waals surface area contributed by atoms with Gasteiger partial charge in [-0.15, -0.1) is 0 Å². The molecule has 6 heteroatoms. The van der Waals surface area contributed by atoms with Gasteiger partial charge >= 0.3 is 0 Å². The molecule has 0 saturated carbocycles. The second-order valence-corrected chi connectivity index (χ2v) is 6.45. The van der Waals surface area contributed by atoms with Gasteiger partial charge in [0, 0.05) is 17.8 Å². The van der Waals surface area contributed by atoms with Crippen LogP contribution in [0.25, 0.3) is 11.4 Å². The summed E-state index contributed by atoms with van der Waals surface area (Å²) in [4.78, 5) is 11.4. The van der Waals surface area contributed by atoms with Crippen molar-refractivity contribution in [3.05, 3.63) is 54.6 Å². The predicted octanol–water partition coefficient (Wildman–Crippen LogP) is 4.47. The summed E-state index contributed by atoms with van der Waals surface area (Å²) in [6, 6.07) is 13.5. The van der Waals surface area contributed by atoms with E-state index in [4.69, 9.17) is 9.26 Å². The third kappa shape index (κ3) is 3.60. The molecule has 1 unspecified atom stereocenters. The summed E-state index contributed by atoms with van der Waals surface area (Å²) in [5.74, 6) is 2.57. The lowest BCUT2D eigenvalue weighted by Gasteiger charge is -2.20. The highest BCUT2D eigenvalue weighted by molar-refractivity contribution is 5.53. The largest absolute Gasteiger partial charge is 0.439 e. The number of benzene rings is 1. The lowest BCUT2D eigenvalue weighted by molar-refractivity contribution is 0.208. The maximum Gasteiger partial charge on any atom is 0.244 e. The maximum atomic E-state index is 5.71. The Kier molecular flexibility index (Phi) is 4.93. The number of hydrogen-bond acceptors (Lipinski definition) is 6. The van der Waals surface area contributed by atoms with Gasteiger partial charge in [-0.2, -0.15) is 4.98 Å². The third-order valence-corrected chi connectivity index (χ3v) is 4.56. The van der Waals surface area contributed by atoms with Crippen LogP contribution in [-0.2, 0) is 0 Å². The predicted molar refractivity (Wildman–Crippen MR) is 97.9 cm³/mol. The van der Waals surface area contributed by atoms with Gasteiger partial charge in [0.25, 0.3) is 0 Å². The highest BCUT2D eigenvalue weighted by Gasteiger charge is 2.30. The third-order valence-electron chi connectivity index (χ3n) is 4.56. The first-order valence-electron chi connectivity index (χ1n) is 9.10. The van der Waals surface area contributed by atoms with Crippen LogP contribution in [-0.4, -0.2) is 33.1 Å². The van der Waals surface area contributed by atoms with Crippen LogP contribution < -0.4 is 4.74 Å². The zero-order chi connectivity index (χ0) is 17.8. The standard InChI is InChI=1S/C20H22N4O2/c1-2-12-24-13-6-9-17(24)20-22-19(23-26-20)15-10-11-18(21-14-15)25-16-7-4-3-5-8-16/h3-5,7-8,10-11,14,17H,2,6,9,12-13H2,1H3. The van der Waals surface area contributed by atoms with E-state index in [2.05, 4.69) is 26.9 Å². The quantitative estimate of drug-likeness (QED) is 0.653. The van der Waals surface area contributed by atoms with Crippen LogP contribution in [0.4, 0.5) is 0 Å². The van der Waals surface area contributed by atoms with E-state index in [0.717, 1.165) is 37.2 Å². The maximum absolute atomic E-state index is 5.71. The van der Waals surface area contributed by atoms with Crippen LogP contribution in [0.2, 0.25) is 0 Å². The Morgan fingerprint density at radius 1 is 1.19 bits per heavy atom. The SMILES string of the molecule is CCCN1CCCC1c1nc(-c2ccc(Oc3ccccc3)nc2)no1. The minimum absolute atomic E-state index is 0.241. The summed E-state index contributed by atoms with van der Waals surface area (Å²) in [6.45, 7) is 4.36. The summed E-state index contributed by atoms with van der Waals surface area (Å²) in [5.41, 5.74) is 0.820. The lowest BCUT2D eigenvalue weighted by Crippen LogP contribution is -2.24. The number of aromatic nitrogens is 3. The van der Waals surface area contributed by atoms with Crippen LogP contribution in [0.3, 0.4) is 0 Å². The van der Waals surface area contributed by atoms with E-state index in [1.54, 1.807) is 6.20 Å². The molecule has 1 atom stereocenters. The molecule has 0 aliphatic carbocycles. The summed E-state index contributed by atoms with van der Waals surface area (Å²) < 4.78 is 11.3. The molecule has 26 heavy (non-hydrogen) atoms. The highest BCUT2D eigenvalue weighted by atomic mass is 16.5. The van der Waals surface area contributed by atoms with Crippen molar-refractivity contribution in [2.75, 3.05) is 13.1 Å². The summed E-state index contributed by atoms with van der Waals surface area (Å²) in [5, 5.41) is 4.15. The number of rotatable bonds is 6. The number of pyridine rings is 1. The Labute approximate surface area is 152 Å². The minimum Gasteiger partial charge on any atom is -0.439 e. The van der Waals surface area contributed by atoms with Crippen molar-refractivity contribution < 1.29 is 9.26 Å². The second-order valence-electron chi connectivity index (χ2n) is 6.45. The zero-order valence-corrected chi connectivity index (χ0v) is 14.8. The molecule has 1 aromatic carbocycles. The van der Waals surface area contributed by atoms with E-state index < -0.39 is 0 Å². The first kappa shape index (κ1) is 16.7.